The number of hydrogen-bond donors (Lipinski definition) is 1. The van der Waals surface area contributed by atoms with Gasteiger partial charge in [-0.15, -0.1) is 0 Å². The Morgan fingerprint density at radius 2 is 2.08 bits per heavy atom. The molecule has 7 heteroatoms. The summed E-state index contributed by atoms with van der Waals surface area (Å²) in [6.45, 7) is 1.95. The SMILES string of the molecule is CO[C@H]1CC[C@H](CN2C=C(c3ccc(-c4nc[nH]n4)nc3)N=CC2)CC1. The zero-order chi connectivity index (χ0) is 17.8. The highest BCUT2D eigenvalue weighted by Gasteiger charge is 2.22. The van der Waals surface area contributed by atoms with E-state index in [9.17, 15) is 0 Å². The Morgan fingerprint density at radius 3 is 2.77 bits per heavy atom. The van der Waals surface area contributed by atoms with Crippen molar-refractivity contribution in [2.75, 3.05) is 20.2 Å². The number of methoxy groups -OCH3 is 1. The number of aromatic amines is 1. The summed E-state index contributed by atoms with van der Waals surface area (Å²) in [5.74, 6) is 1.34. The number of nitrogens with one attached hydrogen (secondary N) is 1. The minimum absolute atomic E-state index is 0.453. The first-order valence-corrected chi connectivity index (χ1v) is 9.15. The number of aliphatic imine (C=N–C) groups is 1. The molecule has 0 spiro atoms. The second-order valence-electron chi connectivity index (χ2n) is 6.91. The van der Waals surface area contributed by atoms with Crippen LogP contribution in [0.25, 0.3) is 17.2 Å². The number of rotatable bonds is 5. The third-order valence-corrected chi connectivity index (χ3v) is 5.17. The second-order valence-corrected chi connectivity index (χ2v) is 6.91. The number of H-pyrrole nitrogens is 1. The van der Waals surface area contributed by atoms with Gasteiger partial charge >= 0.3 is 0 Å². The summed E-state index contributed by atoms with van der Waals surface area (Å²) >= 11 is 0. The molecule has 0 amide bonds. The van der Waals surface area contributed by atoms with E-state index in [-0.39, 0.29) is 0 Å². The third kappa shape index (κ3) is 3.83. The van der Waals surface area contributed by atoms with Gasteiger partial charge in [0.25, 0.3) is 0 Å². The van der Waals surface area contributed by atoms with Crippen LogP contribution in [-0.4, -0.2) is 57.6 Å². The van der Waals surface area contributed by atoms with Gasteiger partial charge in [0.1, 0.15) is 12.0 Å². The summed E-state index contributed by atoms with van der Waals surface area (Å²) in [6, 6.07) is 3.95. The Hall–Kier alpha value is -2.54. The lowest BCUT2D eigenvalue weighted by Gasteiger charge is -2.32. The van der Waals surface area contributed by atoms with E-state index in [1.54, 1.807) is 6.33 Å². The highest BCUT2D eigenvalue weighted by Crippen LogP contribution is 2.28. The number of ether oxygens (including phenoxy) is 1. The number of nitrogens with zero attached hydrogens (tertiary/aromatic N) is 5. The number of pyridine rings is 1. The van der Waals surface area contributed by atoms with Crippen LogP contribution in [0, 0.1) is 5.92 Å². The van der Waals surface area contributed by atoms with E-state index in [1.165, 1.54) is 25.7 Å². The lowest BCUT2D eigenvalue weighted by Crippen LogP contribution is -2.32. The van der Waals surface area contributed by atoms with Crippen LogP contribution in [0.4, 0.5) is 0 Å². The van der Waals surface area contributed by atoms with E-state index in [1.807, 2.05) is 31.7 Å². The summed E-state index contributed by atoms with van der Waals surface area (Å²) in [7, 11) is 1.82. The average molecular weight is 352 g/mol. The van der Waals surface area contributed by atoms with Crippen molar-refractivity contribution in [1.82, 2.24) is 25.1 Å². The highest BCUT2D eigenvalue weighted by molar-refractivity contribution is 5.77. The second kappa shape index (κ2) is 7.78. The largest absolute Gasteiger partial charge is 0.381 e. The smallest absolute Gasteiger partial charge is 0.199 e. The van der Waals surface area contributed by atoms with Crippen LogP contribution in [0.2, 0.25) is 0 Å². The maximum Gasteiger partial charge on any atom is 0.199 e. The van der Waals surface area contributed by atoms with Crippen molar-refractivity contribution < 1.29 is 4.74 Å². The molecule has 26 heavy (non-hydrogen) atoms. The zero-order valence-corrected chi connectivity index (χ0v) is 15.0. The molecule has 2 aliphatic rings. The highest BCUT2D eigenvalue weighted by atomic mass is 16.5. The normalized spacial score (nSPS) is 23.1. The van der Waals surface area contributed by atoms with Crippen LogP contribution >= 0.6 is 0 Å². The molecule has 1 saturated carbocycles. The molecule has 0 unspecified atom stereocenters. The molecular weight excluding hydrogens is 328 g/mol. The van der Waals surface area contributed by atoms with Crippen molar-refractivity contribution in [1.29, 1.82) is 0 Å². The predicted octanol–water partition coefficient (Wildman–Crippen LogP) is 2.76. The molecule has 1 aliphatic heterocycles. The van der Waals surface area contributed by atoms with Crippen LogP contribution in [0.5, 0.6) is 0 Å². The molecule has 3 heterocycles. The Bertz CT molecular complexity index is 760. The van der Waals surface area contributed by atoms with Crippen molar-refractivity contribution in [2.45, 2.75) is 31.8 Å². The quantitative estimate of drug-likeness (QED) is 0.895. The van der Waals surface area contributed by atoms with Crippen LogP contribution in [0.3, 0.4) is 0 Å². The fraction of sp³-hybridized carbons (Fsp3) is 0.474. The number of hydrogen-bond acceptors (Lipinski definition) is 6. The molecule has 0 radical (unpaired) electrons. The first-order valence-electron chi connectivity index (χ1n) is 9.15. The van der Waals surface area contributed by atoms with Crippen LogP contribution in [-0.2, 0) is 4.74 Å². The summed E-state index contributed by atoms with van der Waals surface area (Å²) in [4.78, 5) is 15.5. The van der Waals surface area contributed by atoms with Gasteiger partial charge in [-0.3, -0.25) is 15.1 Å². The van der Waals surface area contributed by atoms with Gasteiger partial charge in [0.15, 0.2) is 5.82 Å². The standard InChI is InChI=1S/C19H24N6O/c1-26-16-5-2-14(3-6-16)11-25-9-8-20-18(12-25)15-4-7-17(21-10-15)19-22-13-23-24-19/h4,7-8,10,12-14,16H,2-3,5-6,9,11H2,1H3,(H,22,23,24)/t14-,16-. The molecule has 0 saturated heterocycles. The molecule has 1 N–H and O–H groups in total. The fourth-order valence-electron chi connectivity index (χ4n) is 3.67. The Balaban J connectivity index is 1.41. The molecular formula is C19H24N6O. The van der Waals surface area contributed by atoms with Crippen LogP contribution in [0.1, 0.15) is 31.2 Å². The van der Waals surface area contributed by atoms with Crippen molar-refractivity contribution in [3.63, 3.8) is 0 Å². The average Bonchev–Trinajstić information content (AvgIpc) is 3.24. The molecule has 4 rings (SSSR count). The van der Waals surface area contributed by atoms with Gasteiger partial charge in [-0.1, -0.05) is 0 Å². The van der Waals surface area contributed by atoms with E-state index in [0.29, 0.717) is 11.9 Å². The van der Waals surface area contributed by atoms with Gasteiger partial charge in [0.05, 0.1) is 18.3 Å². The van der Waals surface area contributed by atoms with Gasteiger partial charge in [-0.2, -0.15) is 5.10 Å². The Labute approximate surface area is 153 Å². The summed E-state index contributed by atoms with van der Waals surface area (Å²) in [6.07, 6.45) is 12.8. The summed E-state index contributed by atoms with van der Waals surface area (Å²) < 4.78 is 5.48. The summed E-state index contributed by atoms with van der Waals surface area (Å²) in [5.41, 5.74) is 2.71. The van der Waals surface area contributed by atoms with Crippen LogP contribution < -0.4 is 0 Å². The fourth-order valence-corrected chi connectivity index (χ4v) is 3.67. The zero-order valence-electron chi connectivity index (χ0n) is 15.0. The van der Waals surface area contributed by atoms with E-state index in [4.69, 9.17) is 4.74 Å². The van der Waals surface area contributed by atoms with Gasteiger partial charge in [-0.25, -0.2) is 4.98 Å². The Morgan fingerprint density at radius 1 is 1.19 bits per heavy atom. The van der Waals surface area contributed by atoms with E-state index < -0.39 is 0 Å². The molecule has 7 nitrogen and oxygen atoms in total. The predicted molar refractivity (Wildman–Crippen MR) is 100 cm³/mol. The minimum atomic E-state index is 0.453. The van der Waals surface area contributed by atoms with Crippen molar-refractivity contribution in [2.24, 2.45) is 10.9 Å². The molecule has 2 aromatic heterocycles. The first-order chi connectivity index (χ1) is 12.8. The van der Waals surface area contributed by atoms with Gasteiger partial charge in [-0.05, 0) is 43.7 Å². The van der Waals surface area contributed by atoms with Gasteiger partial charge in [0.2, 0.25) is 0 Å². The minimum Gasteiger partial charge on any atom is -0.381 e. The molecule has 136 valence electrons. The summed E-state index contributed by atoms with van der Waals surface area (Å²) in [5, 5.41) is 6.76. The molecule has 1 aliphatic carbocycles. The van der Waals surface area contributed by atoms with E-state index in [0.717, 1.165) is 36.0 Å². The lowest BCUT2D eigenvalue weighted by molar-refractivity contribution is 0.0531. The monoisotopic (exact) mass is 352 g/mol. The van der Waals surface area contributed by atoms with Crippen molar-refractivity contribution in [3.05, 3.63) is 36.4 Å². The van der Waals surface area contributed by atoms with Crippen molar-refractivity contribution >= 4 is 11.9 Å². The van der Waals surface area contributed by atoms with Crippen molar-refractivity contribution in [3.8, 4) is 11.5 Å². The molecule has 0 aromatic carbocycles. The topological polar surface area (TPSA) is 79.3 Å². The van der Waals surface area contributed by atoms with E-state index in [2.05, 4.69) is 36.3 Å². The van der Waals surface area contributed by atoms with Crippen LogP contribution in [0.15, 0.2) is 35.8 Å². The van der Waals surface area contributed by atoms with Gasteiger partial charge in [0, 0.05) is 37.8 Å². The molecule has 0 atom stereocenters. The maximum atomic E-state index is 5.48. The van der Waals surface area contributed by atoms with Gasteiger partial charge < -0.3 is 9.64 Å². The van der Waals surface area contributed by atoms with E-state index >= 15 is 0 Å². The first kappa shape index (κ1) is 16.9. The maximum absolute atomic E-state index is 5.48. The molecule has 2 aromatic rings. The molecule has 1 fully saturated rings. The molecule has 0 bridgehead atoms. The Kier molecular flexibility index (Phi) is 5.06. The third-order valence-electron chi connectivity index (χ3n) is 5.17. The number of aromatic nitrogens is 4. The lowest BCUT2D eigenvalue weighted by atomic mass is 9.87.